The summed E-state index contributed by atoms with van der Waals surface area (Å²) in [5, 5.41) is 9.08. The van der Waals surface area contributed by atoms with Crippen LogP contribution in [-0.4, -0.2) is 18.7 Å². The summed E-state index contributed by atoms with van der Waals surface area (Å²) in [5.74, 6) is 0. The Bertz CT molecular complexity index is 478. The summed E-state index contributed by atoms with van der Waals surface area (Å²) in [6.45, 7) is 3.31. The van der Waals surface area contributed by atoms with E-state index in [0.717, 1.165) is 5.56 Å². The molecule has 0 saturated heterocycles. The number of hydrogen-bond acceptors (Lipinski definition) is 4. The topological polar surface area (TPSA) is 77.3 Å². The molecule has 0 aliphatic heterocycles. The van der Waals surface area contributed by atoms with Crippen LogP contribution in [0.2, 0.25) is 0 Å². The minimum atomic E-state index is -3.87. The average molecular weight is 243 g/mol. The normalized spacial score (nSPS) is 13.4. The van der Waals surface area contributed by atoms with Crippen LogP contribution in [0.3, 0.4) is 0 Å². The maximum absolute atomic E-state index is 11.9. The smallest absolute Gasteiger partial charge is 0.263 e. The van der Waals surface area contributed by atoms with Gasteiger partial charge in [-0.2, -0.15) is 0 Å². The molecule has 6 heteroatoms. The lowest BCUT2D eigenvalue weighted by Gasteiger charge is -2.08. The Hall–Kier alpha value is -1.43. The van der Waals surface area contributed by atoms with Crippen molar-refractivity contribution in [2.24, 2.45) is 0 Å². The Kier molecular flexibility index (Phi) is 3.64. The number of sulfone groups is 1. The molecule has 1 atom stereocenters. The summed E-state index contributed by atoms with van der Waals surface area (Å²) in [6.07, 6.45) is -0.0385. The van der Waals surface area contributed by atoms with Gasteiger partial charge in [-0.05, 0) is 19.1 Å². The highest BCUT2D eigenvalue weighted by Crippen LogP contribution is 2.19. The molecule has 0 aliphatic rings. The van der Waals surface area contributed by atoms with Crippen molar-refractivity contribution in [1.82, 2.24) is 0 Å². The molecule has 1 rings (SSSR count). The van der Waals surface area contributed by atoms with E-state index in [0.29, 0.717) is 0 Å². The van der Waals surface area contributed by atoms with Crippen molar-refractivity contribution in [2.75, 3.05) is 0 Å². The van der Waals surface area contributed by atoms with Crippen molar-refractivity contribution in [3.05, 3.63) is 39.9 Å². The fourth-order valence-corrected chi connectivity index (χ4v) is 2.86. The van der Waals surface area contributed by atoms with Gasteiger partial charge in [0.15, 0.2) is 0 Å². The highest BCUT2D eigenvalue weighted by Gasteiger charge is 2.35. The summed E-state index contributed by atoms with van der Waals surface area (Å²) < 4.78 is 23.7. The molecule has 0 amide bonds. The van der Waals surface area contributed by atoms with E-state index < -0.39 is 20.1 Å². The quantitative estimate of drug-likeness (QED) is 0.596. The second kappa shape index (κ2) is 4.61. The Morgan fingerprint density at radius 2 is 1.81 bits per heavy atom. The number of rotatable bonds is 4. The van der Waals surface area contributed by atoms with Gasteiger partial charge in [0.1, 0.15) is 0 Å². The van der Waals surface area contributed by atoms with Gasteiger partial charge in [0, 0.05) is 11.3 Å². The minimum absolute atomic E-state index is 0.00153. The summed E-state index contributed by atoms with van der Waals surface area (Å²) in [7, 11) is -3.87. The lowest BCUT2D eigenvalue weighted by Crippen LogP contribution is -2.28. The van der Waals surface area contributed by atoms with E-state index in [1.54, 1.807) is 12.1 Å². The van der Waals surface area contributed by atoms with E-state index in [1.807, 2.05) is 6.92 Å². The molecular formula is C10H13NO4S. The van der Waals surface area contributed by atoms with Gasteiger partial charge in [-0.3, -0.25) is 10.1 Å². The third-order valence-electron chi connectivity index (χ3n) is 2.29. The Morgan fingerprint density at radius 1 is 1.31 bits per heavy atom. The zero-order valence-electron chi connectivity index (χ0n) is 9.08. The third kappa shape index (κ3) is 2.38. The number of nitrogens with zero attached hydrogens (tertiary/aromatic N) is 1. The maximum atomic E-state index is 11.9. The maximum Gasteiger partial charge on any atom is 0.314 e. The second-order valence-corrected chi connectivity index (χ2v) is 5.61. The lowest BCUT2D eigenvalue weighted by atomic mass is 10.2. The van der Waals surface area contributed by atoms with E-state index in [1.165, 1.54) is 19.1 Å². The largest absolute Gasteiger partial charge is 0.314 e. The van der Waals surface area contributed by atoms with E-state index in [-0.39, 0.29) is 11.3 Å². The van der Waals surface area contributed by atoms with Crippen LogP contribution in [0.1, 0.15) is 18.9 Å². The first-order valence-corrected chi connectivity index (χ1v) is 6.38. The molecule has 0 N–H and O–H groups in total. The molecule has 0 aromatic heterocycles. The predicted molar refractivity (Wildman–Crippen MR) is 59.4 cm³/mol. The molecule has 0 radical (unpaired) electrons. The fraction of sp³-hybridized carbons (Fsp3) is 0.400. The second-order valence-electron chi connectivity index (χ2n) is 3.51. The van der Waals surface area contributed by atoms with Crippen molar-refractivity contribution in [1.29, 1.82) is 0 Å². The Labute approximate surface area is 94.2 Å². The molecular weight excluding hydrogens is 230 g/mol. The van der Waals surface area contributed by atoms with Crippen LogP contribution in [0.15, 0.2) is 29.2 Å². The van der Waals surface area contributed by atoms with Crippen LogP contribution in [0.4, 0.5) is 0 Å². The zero-order chi connectivity index (χ0) is 12.3. The third-order valence-corrected chi connectivity index (χ3v) is 4.44. The van der Waals surface area contributed by atoms with E-state index in [4.69, 9.17) is 0 Å². The fourth-order valence-electron chi connectivity index (χ4n) is 1.37. The van der Waals surface area contributed by atoms with Crippen LogP contribution >= 0.6 is 0 Å². The van der Waals surface area contributed by atoms with Gasteiger partial charge in [0.2, 0.25) is 9.84 Å². The van der Waals surface area contributed by atoms with E-state index in [2.05, 4.69) is 0 Å². The first kappa shape index (κ1) is 12.6. The first-order valence-electron chi connectivity index (χ1n) is 4.83. The van der Waals surface area contributed by atoms with Crippen molar-refractivity contribution in [3.8, 4) is 0 Å². The van der Waals surface area contributed by atoms with E-state index >= 15 is 0 Å². The highest BCUT2D eigenvalue weighted by atomic mass is 32.2. The van der Waals surface area contributed by atoms with Crippen molar-refractivity contribution in [2.45, 2.75) is 30.5 Å². The lowest BCUT2D eigenvalue weighted by molar-refractivity contribution is -0.497. The Balaban J connectivity index is 3.20. The van der Waals surface area contributed by atoms with Gasteiger partial charge in [-0.15, -0.1) is 0 Å². The van der Waals surface area contributed by atoms with Crippen molar-refractivity contribution < 1.29 is 13.3 Å². The van der Waals surface area contributed by atoms with Gasteiger partial charge in [0.25, 0.3) is 0 Å². The van der Waals surface area contributed by atoms with Crippen molar-refractivity contribution >= 4 is 9.84 Å². The van der Waals surface area contributed by atoms with Crippen LogP contribution < -0.4 is 0 Å². The molecule has 0 bridgehead atoms. The van der Waals surface area contributed by atoms with Gasteiger partial charge >= 0.3 is 5.37 Å². The SMILES string of the molecule is CCC([N+](=O)[O-])S(=O)(=O)c1ccc(C)cc1. The summed E-state index contributed by atoms with van der Waals surface area (Å²) in [5.41, 5.74) is 0.910. The average Bonchev–Trinajstić information content (AvgIpc) is 2.18. The molecule has 0 spiro atoms. The molecule has 5 nitrogen and oxygen atoms in total. The van der Waals surface area contributed by atoms with Gasteiger partial charge in [-0.1, -0.05) is 24.6 Å². The molecule has 0 fully saturated rings. The van der Waals surface area contributed by atoms with Crippen LogP contribution in [0.25, 0.3) is 0 Å². The molecule has 88 valence electrons. The predicted octanol–water partition coefficient (Wildman–Crippen LogP) is 1.78. The first-order chi connectivity index (χ1) is 7.39. The molecule has 0 heterocycles. The minimum Gasteiger partial charge on any atom is -0.263 e. The molecule has 1 unspecified atom stereocenters. The molecule has 0 aliphatic carbocycles. The number of nitro groups is 1. The summed E-state index contributed by atoms with van der Waals surface area (Å²) in [4.78, 5) is 9.89. The molecule has 1 aromatic rings. The van der Waals surface area contributed by atoms with E-state index in [9.17, 15) is 18.5 Å². The highest BCUT2D eigenvalue weighted by molar-refractivity contribution is 7.91. The Morgan fingerprint density at radius 3 is 2.19 bits per heavy atom. The number of hydrogen-bond donors (Lipinski definition) is 0. The van der Waals surface area contributed by atoms with Gasteiger partial charge in [-0.25, -0.2) is 8.42 Å². The number of aryl methyl sites for hydroxylation is 1. The van der Waals surface area contributed by atoms with Gasteiger partial charge < -0.3 is 0 Å². The molecule has 1 aromatic carbocycles. The molecule has 0 saturated carbocycles. The van der Waals surface area contributed by atoms with Crippen LogP contribution in [0, 0.1) is 17.0 Å². The number of benzene rings is 1. The monoisotopic (exact) mass is 243 g/mol. The van der Waals surface area contributed by atoms with Crippen LogP contribution in [-0.2, 0) is 9.84 Å². The van der Waals surface area contributed by atoms with Crippen LogP contribution in [0.5, 0.6) is 0 Å². The van der Waals surface area contributed by atoms with Gasteiger partial charge in [0.05, 0.1) is 4.90 Å². The standard InChI is InChI=1S/C10H13NO4S/c1-3-10(11(12)13)16(14,15)9-6-4-8(2)5-7-9/h4-7,10H,3H2,1-2H3. The zero-order valence-corrected chi connectivity index (χ0v) is 9.90. The molecule has 16 heavy (non-hydrogen) atoms. The van der Waals surface area contributed by atoms with Crippen molar-refractivity contribution in [3.63, 3.8) is 0 Å². The summed E-state index contributed by atoms with van der Waals surface area (Å²) in [6, 6.07) is 6.05. The summed E-state index contributed by atoms with van der Waals surface area (Å²) >= 11 is 0.